The molecule has 11 heteroatoms. The Morgan fingerprint density at radius 2 is 0.552 bits per heavy atom. The van der Waals surface area contributed by atoms with Crippen LogP contribution < -0.4 is 0 Å². The first-order chi connectivity index (χ1) is 14.1. The lowest BCUT2D eigenvalue weighted by Gasteiger charge is -2.08. The number of carbonyl (C=O) groups is 2. The summed E-state index contributed by atoms with van der Waals surface area (Å²) in [5, 5.41) is 0. The van der Waals surface area contributed by atoms with Gasteiger partial charge in [-0.05, 0) is 45.2 Å². The Balaban J connectivity index is 3.01. The van der Waals surface area contributed by atoms with E-state index in [0.29, 0.717) is 105 Å². The minimum atomic E-state index is 0.0970. The highest BCUT2D eigenvalue weighted by Crippen LogP contribution is 1.93. The van der Waals surface area contributed by atoms with E-state index >= 15 is 0 Å². The van der Waals surface area contributed by atoms with Crippen molar-refractivity contribution >= 4 is 52.8 Å². The predicted octanol–water partition coefficient (Wildman–Crippen LogP) is 1.81. The molecule has 0 aliphatic carbocycles. The number of halogens is 2. The third kappa shape index (κ3) is 28.5. The van der Waals surface area contributed by atoms with Gasteiger partial charge in [-0.15, -0.1) is 0 Å². The van der Waals surface area contributed by atoms with E-state index in [1.54, 1.807) is 45.2 Å². The zero-order chi connectivity index (χ0) is 21.4. The van der Waals surface area contributed by atoms with Gasteiger partial charge < -0.3 is 33.2 Å². The van der Waals surface area contributed by atoms with Crippen LogP contribution in [0.15, 0.2) is 0 Å². The molecule has 0 unspecified atom stereocenters. The molecule has 0 aliphatic rings. The highest BCUT2D eigenvalue weighted by atomic mass is 127. The van der Waals surface area contributed by atoms with Crippen molar-refractivity contribution in [3.8, 4) is 0 Å². The fourth-order valence-electron chi connectivity index (χ4n) is 1.73. The summed E-state index contributed by atoms with van der Waals surface area (Å²) < 4.78 is 37.5. The quantitative estimate of drug-likeness (QED) is 0.0884. The summed E-state index contributed by atoms with van der Waals surface area (Å²) in [5.41, 5.74) is 0. The Morgan fingerprint density at radius 1 is 0.379 bits per heavy atom. The molecule has 0 aromatic heterocycles. The fourth-order valence-corrected chi connectivity index (χ4v) is 2.17. The third-order valence-corrected chi connectivity index (χ3v) is 4.20. The van der Waals surface area contributed by atoms with Crippen LogP contribution in [0.5, 0.6) is 0 Å². The summed E-state index contributed by atoms with van der Waals surface area (Å²) in [6.45, 7) is 6.83. The summed E-state index contributed by atoms with van der Waals surface area (Å²) >= 11 is 3.50. The molecule has 0 aromatic rings. The van der Waals surface area contributed by atoms with Crippen LogP contribution in [0.3, 0.4) is 0 Å². The van der Waals surface area contributed by atoms with Crippen molar-refractivity contribution in [3.05, 3.63) is 0 Å². The molecule has 0 aromatic carbocycles. The van der Waals surface area contributed by atoms with Crippen LogP contribution in [0.4, 0.5) is 0 Å². The molecular formula is C18H32I2O9. The maximum absolute atomic E-state index is 10.7. The summed E-state index contributed by atoms with van der Waals surface area (Å²) in [5.74, 6) is 0. The van der Waals surface area contributed by atoms with Gasteiger partial charge in [0.15, 0.2) is 7.58 Å². The first-order valence-electron chi connectivity index (χ1n) is 9.53. The highest BCUT2D eigenvalue weighted by Gasteiger charge is 1.97. The molecule has 0 saturated carbocycles. The molecule has 0 spiro atoms. The Kier molecular flexibility index (Phi) is 25.2. The number of rotatable bonds is 24. The average molecular weight is 646 g/mol. The van der Waals surface area contributed by atoms with Crippen molar-refractivity contribution in [2.24, 2.45) is 0 Å². The lowest BCUT2D eigenvalue weighted by atomic mass is 10.5. The molecule has 0 radical (unpaired) electrons. The Morgan fingerprint density at radius 3 is 0.724 bits per heavy atom. The third-order valence-electron chi connectivity index (χ3n) is 3.12. The van der Waals surface area contributed by atoms with Crippen LogP contribution >= 0.6 is 45.2 Å². The molecule has 0 atom stereocenters. The summed E-state index contributed by atoms with van der Waals surface area (Å²) in [4.78, 5) is 21.4. The van der Waals surface area contributed by atoms with Gasteiger partial charge in [0, 0.05) is 12.8 Å². The Hall–Kier alpha value is 0.520. The molecule has 9 nitrogen and oxygen atoms in total. The van der Waals surface area contributed by atoms with Crippen LogP contribution in [0.25, 0.3) is 0 Å². The molecule has 0 fully saturated rings. The molecule has 0 rings (SSSR count). The largest absolute Gasteiger partial charge is 0.379 e. The first kappa shape index (κ1) is 29.5. The van der Waals surface area contributed by atoms with E-state index in [9.17, 15) is 9.59 Å². The van der Waals surface area contributed by atoms with E-state index in [1.807, 2.05) is 0 Å². The SMILES string of the molecule is O=C(I)CCOCCOCCOCCOCCOCCOCCOCCC(=O)I. The van der Waals surface area contributed by atoms with Crippen molar-refractivity contribution in [3.63, 3.8) is 0 Å². The molecule has 0 aliphatic heterocycles. The van der Waals surface area contributed by atoms with Crippen molar-refractivity contribution < 1.29 is 42.7 Å². The van der Waals surface area contributed by atoms with E-state index < -0.39 is 0 Å². The smallest absolute Gasteiger partial charge is 0.194 e. The van der Waals surface area contributed by atoms with Gasteiger partial charge >= 0.3 is 0 Å². The minimum Gasteiger partial charge on any atom is -0.379 e. The zero-order valence-electron chi connectivity index (χ0n) is 16.7. The second-order valence-electron chi connectivity index (χ2n) is 5.50. The van der Waals surface area contributed by atoms with Crippen molar-refractivity contribution in [1.29, 1.82) is 0 Å². The topological polar surface area (TPSA) is 98.8 Å². The van der Waals surface area contributed by atoms with Gasteiger partial charge in [0.25, 0.3) is 0 Å². The van der Waals surface area contributed by atoms with E-state index in [1.165, 1.54) is 0 Å². The summed E-state index contributed by atoms with van der Waals surface area (Å²) in [7, 11) is 0. The molecule has 172 valence electrons. The summed E-state index contributed by atoms with van der Waals surface area (Å²) in [6, 6.07) is 0. The molecule has 0 bridgehead atoms. The maximum Gasteiger partial charge on any atom is 0.194 e. The fraction of sp³-hybridized carbons (Fsp3) is 0.889. The molecule has 0 saturated heterocycles. The van der Waals surface area contributed by atoms with Gasteiger partial charge in [-0.1, -0.05) is 0 Å². The normalized spacial score (nSPS) is 11.1. The summed E-state index contributed by atoms with van der Waals surface area (Å²) in [6.07, 6.45) is 0.865. The van der Waals surface area contributed by atoms with Crippen LogP contribution in [-0.2, 0) is 42.7 Å². The van der Waals surface area contributed by atoms with E-state index in [-0.39, 0.29) is 7.58 Å². The average Bonchev–Trinajstić information content (AvgIpc) is 2.68. The molecule has 29 heavy (non-hydrogen) atoms. The van der Waals surface area contributed by atoms with Gasteiger partial charge in [0.2, 0.25) is 0 Å². The van der Waals surface area contributed by atoms with Gasteiger partial charge in [0.1, 0.15) is 0 Å². The van der Waals surface area contributed by atoms with Crippen molar-refractivity contribution in [2.75, 3.05) is 92.5 Å². The second kappa shape index (κ2) is 24.8. The van der Waals surface area contributed by atoms with Gasteiger partial charge in [-0.25, -0.2) is 0 Å². The standard InChI is InChI=1S/C18H32I2O9/c19-17(21)1-3-23-5-7-25-9-11-27-13-15-29-16-14-28-12-10-26-8-6-24-4-2-18(20)22/h1-16H2. The maximum atomic E-state index is 10.7. The number of ether oxygens (including phenoxy) is 7. The Bertz CT molecular complexity index is 352. The van der Waals surface area contributed by atoms with Crippen LogP contribution in [0.2, 0.25) is 0 Å². The van der Waals surface area contributed by atoms with E-state index in [0.717, 1.165) is 0 Å². The zero-order valence-corrected chi connectivity index (χ0v) is 21.1. The number of hydrogen-bond donors (Lipinski definition) is 0. The van der Waals surface area contributed by atoms with E-state index in [2.05, 4.69) is 0 Å². The molecule has 0 N–H and O–H groups in total. The van der Waals surface area contributed by atoms with Crippen molar-refractivity contribution in [1.82, 2.24) is 0 Å². The minimum absolute atomic E-state index is 0.0970. The lowest BCUT2D eigenvalue weighted by Crippen LogP contribution is -2.14. The second-order valence-corrected chi connectivity index (χ2v) is 7.90. The van der Waals surface area contributed by atoms with Crippen molar-refractivity contribution in [2.45, 2.75) is 12.8 Å². The van der Waals surface area contributed by atoms with Crippen LogP contribution in [0.1, 0.15) is 12.8 Å². The molecule has 0 amide bonds. The highest BCUT2D eigenvalue weighted by molar-refractivity contribution is 14.1. The predicted molar refractivity (Wildman–Crippen MR) is 123 cm³/mol. The molecule has 0 heterocycles. The monoisotopic (exact) mass is 646 g/mol. The lowest BCUT2D eigenvalue weighted by molar-refractivity contribution is -0.111. The van der Waals surface area contributed by atoms with E-state index in [4.69, 9.17) is 33.2 Å². The van der Waals surface area contributed by atoms with Crippen LogP contribution in [0, 0.1) is 0 Å². The first-order valence-corrected chi connectivity index (χ1v) is 11.7. The van der Waals surface area contributed by atoms with Gasteiger partial charge in [-0.2, -0.15) is 0 Å². The van der Waals surface area contributed by atoms with Gasteiger partial charge in [-0.3, -0.25) is 9.59 Å². The Labute approximate surface area is 200 Å². The van der Waals surface area contributed by atoms with Gasteiger partial charge in [0.05, 0.1) is 92.5 Å². The number of hydrogen-bond acceptors (Lipinski definition) is 9. The molecular weight excluding hydrogens is 614 g/mol. The van der Waals surface area contributed by atoms with Crippen LogP contribution in [-0.4, -0.2) is 100 Å². The number of carbonyl (C=O) groups excluding carboxylic acids is 2.